The highest BCUT2D eigenvalue weighted by molar-refractivity contribution is 5.84. The van der Waals surface area contributed by atoms with Crippen LogP contribution in [0.4, 0.5) is 17.6 Å². The zero-order chi connectivity index (χ0) is 21.6. The SMILES string of the molecule is CC(C)C1(C(=O)O)C(C)NC(CF)C(C)(C(=O)O)C1c1c(F)cc(F)cc1F. The van der Waals surface area contributed by atoms with Gasteiger partial charge >= 0.3 is 11.9 Å². The number of nitrogens with one attached hydrogen (secondary N) is 1. The lowest BCUT2D eigenvalue weighted by molar-refractivity contribution is -0.177. The second-order valence-corrected chi connectivity index (χ2v) is 7.79. The first-order valence-corrected chi connectivity index (χ1v) is 8.79. The molecule has 1 fully saturated rings. The fourth-order valence-corrected chi connectivity index (χ4v) is 4.79. The lowest BCUT2D eigenvalue weighted by Crippen LogP contribution is -2.71. The van der Waals surface area contributed by atoms with Crippen LogP contribution in [0.5, 0.6) is 0 Å². The highest BCUT2D eigenvalue weighted by atomic mass is 19.1. The molecule has 0 spiro atoms. The average Bonchev–Trinajstić information content (AvgIpc) is 2.55. The Labute approximate surface area is 159 Å². The first-order valence-electron chi connectivity index (χ1n) is 8.79. The van der Waals surface area contributed by atoms with Gasteiger partial charge in [0.1, 0.15) is 24.1 Å². The molecule has 5 unspecified atom stereocenters. The van der Waals surface area contributed by atoms with E-state index in [0.29, 0.717) is 12.1 Å². The minimum Gasteiger partial charge on any atom is -0.481 e. The van der Waals surface area contributed by atoms with Gasteiger partial charge in [-0.15, -0.1) is 0 Å². The van der Waals surface area contributed by atoms with E-state index < -0.39 is 76.4 Å². The van der Waals surface area contributed by atoms with Gasteiger partial charge in [-0.05, 0) is 19.8 Å². The van der Waals surface area contributed by atoms with Gasteiger partial charge in [0.05, 0.1) is 16.9 Å². The number of carboxylic acids is 2. The summed E-state index contributed by atoms with van der Waals surface area (Å²) in [6.07, 6.45) is 0. The standard InChI is InChI=1S/C19H23F4NO4/c1-8(2)19(17(27)28)9(3)24-13(7-20)18(4,16(25)26)15(19)14-11(22)5-10(21)6-12(14)23/h5-6,8-9,13,15,24H,7H2,1-4H3,(H,25,26)(H,27,28). The van der Waals surface area contributed by atoms with Gasteiger partial charge in [0.15, 0.2) is 0 Å². The molecule has 0 aromatic heterocycles. The molecule has 156 valence electrons. The second-order valence-electron chi connectivity index (χ2n) is 7.79. The molecule has 0 amide bonds. The van der Waals surface area contributed by atoms with Gasteiger partial charge in [-0.25, -0.2) is 17.6 Å². The zero-order valence-corrected chi connectivity index (χ0v) is 15.9. The summed E-state index contributed by atoms with van der Waals surface area (Å²) in [5.41, 5.74) is -5.11. The summed E-state index contributed by atoms with van der Waals surface area (Å²) in [4.78, 5) is 24.7. The van der Waals surface area contributed by atoms with Crippen molar-refractivity contribution in [3.8, 4) is 0 Å². The van der Waals surface area contributed by atoms with Crippen LogP contribution in [0.1, 0.15) is 39.2 Å². The Bertz CT molecular complexity index is 779. The summed E-state index contributed by atoms with van der Waals surface area (Å²) in [5.74, 6) is -9.77. The summed E-state index contributed by atoms with van der Waals surface area (Å²) in [7, 11) is 0. The molecule has 3 N–H and O–H groups in total. The smallest absolute Gasteiger partial charge is 0.312 e. The number of benzene rings is 1. The third-order valence-corrected chi connectivity index (χ3v) is 6.24. The van der Waals surface area contributed by atoms with Gasteiger partial charge in [-0.1, -0.05) is 13.8 Å². The molecule has 0 saturated carbocycles. The van der Waals surface area contributed by atoms with Crippen molar-refractivity contribution in [2.24, 2.45) is 16.7 Å². The van der Waals surface area contributed by atoms with E-state index in [2.05, 4.69) is 5.32 Å². The molecule has 1 aliphatic rings. The van der Waals surface area contributed by atoms with Crippen molar-refractivity contribution in [1.82, 2.24) is 5.32 Å². The highest BCUT2D eigenvalue weighted by Gasteiger charge is 2.68. The lowest BCUT2D eigenvalue weighted by Gasteiger charge is -2.57. The molecular weight excluding hydrogens is 382 g/mol. The Morgan fingerprint density at radius 1 is 1.14 bits per heavy atom. The normalized spacial score (nSPS) is 33.1. The molecule has 0 aliphatic carbocycles. The number of carboxylic acid groups (broad SMARTS) is 2. The molecule has 1 heterocycles. The summed E-state index contributed by atoms with van der Waals surface area (Å²) in [6, 6.07) is -1.72. The molecule has 1 aliphatic heterocycles. The van der Waals surface area contributed by atoms with Gasteiger partial charge in [0.25, 0.3) is 0 Å². The molecular formula is C19H23F4NO4. The third-order valence-electron chi connectivity index (χ3n) is 6.24. The van der Waals surface area contributed by atoms with Gasteiger partial charge in [0.2, 0.25) is 0 Å². The van der Waals surface area contributed by atoms with Crippen molar-refractivity contribution >= 4 is 11.9 Å². The number of rotatable bonds is 5. The predicted molar refractivity (Wildman–Crippen MR) is 92.1 cm³/mol. The van der Waals surface area contributed by atoms with E-state index in [-0.39, 0.29) is 0 Å². The molecule has 1 aromatic rings. The minimum atomic E-state index is -2.23. The number of carbonyl (C=O) groups is 2. The van der Waals surface area contributed by atoms with Gasteiger partial charge in [-0.2, -0.15) is 0 Å². The molecule has 2 rings (SSSR count). The van der Waals surface area contributed by atoms with Crippen molar-refractivity contribution in [2.75, 3.05) is 6.67 Å². The maximum Gasteiger partial charge on any atom is 0.312 e. The highest BCUT2D eigenvalue weighted by Crippen LogP contribution is 2.59. The Morgan fingerprint density at radius 2 is 1.64 bits per heavy atom. The van der Waals surface area contributed by atoms with Crippen molar-refractivity contribution in [1.29, 1.82) is 0 Å². The topological polar surface area (TPSA) is 86.6 Å². The van der Waals surface area contributed by atoms with E-state index in [0.717, 1.165) is 6.92 Å². The number of piperidine rings is 1. The molecule has 28 heavy (non-hydrogen) atoms. The van der Waals surface area contributed by atoms with E-state index in [1.807, 2.05) is 0 Å². The van der Waals surface area contributed by atoms with Crippen LogP contribution in [0.15, 0.2) is 12.1 Å². The first kappa shape index (κ1) is 22.1. The summed E-state index contributed by atoms with van der Waals surface area (Å²) < 4.78 is 56.8. The summed E-state index contributed by atoms with van der Waals surface area (Å²) in [5, 5.41) is 22.7. The Balaban J connectivity index is 3.02. The largest absolute Gasteiger partial charge is 0.481 e. The van der Waals surface area contributed by atoms with Crippen LogP contribution in [0.3, 0.4) is 0 Å². The quantitative estimate of drug-likeness (QED) is 0.655. The predicted octanol–water partition coefficient (Wildman–Crippen LogP) is 3.34. The number of alkyl halides is 1. The number of halogens is 4. The maximum absolute atomic E-state index is 14.8. The van der Waals surface area contributed by atoms with Crippen LogP contribution in [0, 0.1) is 34.2 Å². The summed E-state index contributed by atoms with van der Waals surface area (Å²) in [6.45, 7) is 4.23. The van der Waals surface area contributed by atoms with Crippen LogP contribution in [0.2, 0.25) is 0 Å². The number of aliphatic carboxylic acids is 2. The van der Waals surface area contributed by atoms with E-state index in [1.54, 1.807) is 0 Å². The van der Waals surface area contributed by atoms with Gasteiger partial charge in [-0.3, -0.25) is 9.59 Å². The van der Waals surface area contributed by atoms with Crippen LogP contribution >= 0.6 is 0 Å². The second kappa shape index (κ2) is 7.35. The number of hydrogen-bond acceptors (Lipinski definition) is 3. The van der Waals surface area contributed by atoms with Crippen LogP contribution in [-0.2, 0) is 9.59 Å². The molecule has 9 heteroatoms. The molecule has 5 nitrogen and oxygen atoms in total. The lowest BCUT2D eigenvalue weighted by atomic mass is 9.49. The summed E-state index contributed by atoms with van der Waals surface area (Å²) >= 11 is 0. The van der Waals surface area contributed by atoms with Crippen LogP contribution < -0.4 is 5.32 Å². The van der Waals surface area contributed by atoms with Crippen molar-refractivity contribution in [2.45, 2.75) is 45.7 Å². The van der Waals surface area contributed by atoms with Gasteiger partial charge in [0, 0.05) is 29.7 Å². The van der Waals surface area contributed by atoms with Crippen LogP contribution in [-0.4, -0.2) is 40.9 Å². The number of hydrogen-bond donors (Lipinski definition) is 3. The van der Waals surface area contributed by atoms with E-state index in [1.165, 1.54) is 20.8 Å². The van der Waals surface area contributed by atoms with E-state index in [9.17, 15) is 37.4 Å². The van der Waals surface area contributed by atoms with Crippen molar-refractivity contribution in [3.63, 3.8) is 0 Å². The fourth-order valence-electron chi connectivity index (χ4n) is 4.79. The van der Waals surface area contributed by atoms with Crippen molar-refractivity contribution < 1.29 is 37.4 Å². The fraction of sp³-hybridized carbons (Fsp3) is 0.579. The van der Waals surface area contributed by atoms with E-state index >= 15 is 0 Å². The van der Waals surface area contributed by atoms with Crippen LogP contribution in [0.25, 0.3) is 0 Å². The minimum absolute atomic E-state index is 0.366. The maximum atomic E-state index is 14.8. The monoisotopic (exact) mass is 405 g/mol. The molecule has 1 aromatic carbocycles. The molecule has 5 atom stereocenters. The Hall–Kier alpha value is -2.16. The zero-order valence-electron chi connectivity index (χ0n) is 15.9. The molecule has 1 saturated heterocycles. The van der Waals surface area contributed by atoms with E-state index in [4.69, 9.17) is 0 Å². The molecule has 0 bridgehead atoms. The Kier molecular flexibility index (Phi) is 5.81. The average molecular weight is 405 g/mol. The first-order chi connectivity index (χ1) is 12.9. The molecule has 0 radical (unpaired) electrons. The third kappa shape index (κ3) is 2.87. The van der Waals surface area contributed by atoms with Crippen molar-refractivity contribution in [3.05, 3.63) is 35.1 Å². The van der Waals surface area contributed by atoms with Gasteiger partial charge < -0.3 is 15.5 Å². The Morgan fingerprint density at radius 3 is 2.00 bits per heavy atom.